The number of nitrogens with two attached hydrogens (primary N) is 1. The van der Waals surface area contributed by atoms with E-state index in [-0.39, 0.29) is 18.9 Å². The lowest BCUT2D eigenvalue weighted by molar-refractivity contribution is -0.128. The SMILES string of the molecule is Cn1cc(CN2CC(S(N)(=O)=O)CC2=O)cn1. The maximum Gasteiger partial charge on any atom is 0.224 e. The molecule has 1 fully saturated rings. The van der Waals surface area contributed by atoms with Gasteiger partial charge in [-0.2, -0.15) is 5.10 Å². The van der Waals surface area contributed by atoms with Crippen molar-refractivity contribution >= 4 is 15.9 Å². The summed E-state index contributed by atoms with van der Waals surface area (Å²) in [5.41, 5.74) is 0.871. The lowest BCUT2D eigenvalue weighted by Gasteiger charge is -2.14. The van der Waals surface area contributed by atoms with Crippen molar-refractivity contribution in [2.24, 2.45) is 12.2 Å². The molecule has 0 aliphatic carbocycles. The highest BCUT2D eigenvalue weighted by Crippen LogP contribution is 2.18. The predicted molar refractivity (Wildman–Crippen MR) is 60.1 cm³/mol. The molecule has 2 heterocycles. The first-order chi connectivity index (χ1) is 7.86. The lowest BCUT2D eigenvalue weighted by atomic mass is 10.3. The molecular weight excluding hydrogens is 244 g/mol. The van der Waals surface area contributed by atoms with Crippen LogP contribution in [0.4, 0.5) is 0 Å². The van der Waals surface area contributed by atoms with Gasteiger partial charge in [-0.3, -0.25) is 9.48 Å². The number of carbonyl (C=O) groups is 1. The molecule has 1 aliphatic heterocycles. The third-order valence-electron chi connectivity index (χ3n) is 2.78. The van der Waals surface area contributed by atoms with Crippen LogP contribution in [0.1, 0.15) is 12.0 Å². The molecule has 0 saturated carbocycles. The Morgan fingerprint density at radius 1 is 1.59 bits per heavy atom. The minimum absolute atomic E-state index is 0.0287. The number of hydrogen-bond acceptors (Lipinski definition) is 4. The summed E-state index contributed by atoms with van der Waals surface area (Å²) >= 11 is 0. The summed E-state index contributed by atoms with van der Waals surface area (Å²) in [7, 11) is -1.86. The number of amides is 1. The summed E-state index contributed by atoms with van der Waals surface area (Å²) in [6.07, 6.45) is 3.41. The molecule has 0 bridgehead atoms. The highest BCUT2D eigenvalue weighted by molar-refractivity contribution is 7.89. The molecule has 1 aliphatic rings. The summed E-state index contributed by atoms with van der Waals surface area (Å²) in [5, 5.41) is 8.24. The Balaban J connectivity index is 2.07. The van der Waals surface area contributed by atoms with E-state index in [9.17, 15) is 13.2 Å². The molecule has 2 N–H and O–H groups in total. The maximum atomic E-state index is 11.6. The average molecular weight is 258 g/mol. The van der Waals surface area contributed by atoms with Gasteiger partial charge in [0.15, 0.2) is 0 Å². The first-order valence-corrected chi connectivity index (χ1v) is 6.74. The van der Waals surface area contributed by atoms with Crippen LogP contribution < -0.4 is 5.14 Å². The van der Waals surface area contributed by atoms with Crippen LogP contribution in [-0.4, -0.2) is 40.8 Å². The Morgan fingerprint density at radius 3 is 2.76 bits per heavy atom. The van der Waals surface area contributed by atoms with Crippen LogP contribution in [0.5, 0.6) is 0 Å². The number of hydrogen-bond donors (Lipinski definition) is 1. The van der Waals surface area contributed by atoms with Gasteiger partial charge in [-0.1, -0.05) is 0 Å². The molecule has 1 aromatic rings. The van der Waals surface area contributed by atoms with Crippen molar-refractivity contribution in [1.82, 2.24) is 14.7 Å². The van der Waals surface area contributed by atoms with Crippen molar-refractivity contribution in [2.75, 3.05) is 6.54 Å². The third-order valence-corrected chi connectivity index (χ3v) is 4.02. The second-order valence-corrected chi connectivity index (χ2v) is 6.06. The summed E-state index contributed by atoms with van der Waals surface area (Å²) in [6.45, 7) is 0.533. The van der Waals surface area contributed by atoms with Gasteiger partial charge < -0.3 is 4.90 Å². The van der Waals surface area contributed by atoms with E-state index in [1.807, 2.05) is 0 Å². The van der Waals surface area contributed by atoms with E-state index in [1.54, 1.807) is 24.1 Å². The van der Waals surface area contributed by atoms with Crippen LogP contribution in [-0.2, 0) is 28.4 Å². The number of aromatic nitrogens is 2. The molecule has 1 aromatic heterocycles. The fourth-order valence-corrected chi connectivity index (χ4v) is 2.65. The fourth-order valence-electron chi connectivity index (χ4n) is 1.88. The Hall–Kier alpha value is -1.41. The number of primary sulfonamides is 1. The van der Waals surface area contributed by atoms with Gasteiger partial charge in [-0.05, 0) is 0 Å². The fraction of sp³-hybridized carbons (Fsp3) is 0.556. The van der Waals surface area contributed by atoms with Crippen molar-refractivity contribution in [3.63, 3.8) is 0 Å². The van der Waals surface area contributed by atoms with Crippen molar-refractivity contribution in [3.8, 4) is 0 Å². The quantitative estimate of drug-likeness (QED) is 0.737. The Kier molecular flexibility index (Phi) is 2.92. The van der Waals surface area contributed by atoms with Crippen molar-refractivity contribution in [1.29, 1.82) is 0 Å². The van der Waals surface area contributed by atoms with E-state index in [0.717, 1.165) is 5.56 Å². The van der Waals surface area contributed by atoms with Crippen LogP contribution in [0.25, 0.3) is 0 Å². The van der Waals surface area contributed by atoms with Crippen LogP contribution in [0, 0.1) is 0 Å². The highest BCUT2D eigenvalue weighted by atomic mass is 32.2. The predicted octanol–water partition coefficient (Wildman–Crippen LogP) is -1.19. The molecule has 2 rings (SSSR count). The zero-order valence-corrected chi connectivity index (χ0v) is 10.2. The van der Waals surface area contributed by atoms with Gasteiger partial charge in [-0.25, -0.2) is 13.6 Å². The Labute approximate surface area is 99.2 Å². The van der Waals surface area contributed by atoms with Gasteiger partial charge in [0, 0.05) is 38.3 Å². The highest BCUT2D eigenvalue weighted by Gasteiger charge is 2.36. The number of likely N-dealkylation sites (tertiary alicyclic amines) is 1. The molecule has 1 atom stereocenters. The molecule has 1 unspecified atom stereocenters. The summed E-state index contributed by atoms with van der Waals surface area (Å²) in [5.74, 6) is -0.187. The molecule has 1 saturated heterocycles. The number of aryl methyl sites for hydroxylation is 1. The smallest absolute Gasteiger partial charge is 0.224 e. The molecule has 1 amide bonds. The summed E-state index contributed by atoms with van der Waals surface area (Å²) < 4.78 is 24.0. The number of sulfonamides is 1. The molecule has 94 valence electrons. The standard InChI is InChI=1S/C9H14N4O3S/c1-12-4-7(3-11-12)5-13-6-8(2-9(13)14)17(10,15)16/h3-4,8H,2,5-6H2,1H3,(H2,10,15,16). The molecule has 0 aromatic carbocycles. The molecule has 0 radical (unpaired) electrons. The molecule has 0 spiro atoms. The lowest BCUT2D eigenvalue weighted by Crippen LogP contribution is -2.31. The largest absolute Gasteiger partial charge is 0.337 e. The zero-order chi connectivity index (χ0) is 12.6. The first kappa shape index (κ1) is 12.1. The number of rotatable bonds is 3. The summed E-state index contributed by atoms with van der Waals surface area (Å²) in [6, 6.07) is 0. The average Bonchev–Trinajstić information content (AvgIpc) is 2.74. The summed E-state index contributed by atoms with van der Waals surface area (Å²) in [4.78, 5) is 13.1. The minimum atomic E-state index is -3.64. The van der Waals surface area contributed by atoms with Gasteiger partial charge in [0.05, 0.1) is 6.20 Å². The van der Waals surface area contributed by atoms with Gasteiger partial charge in [0.25, 0.3) is 0 Å². The van der Waals surface area contributed by atoms with Crippen LogP contribution >= 0.6 is 0 Å². The normalized spacial score (nSPS) is 21.2. The van der Waals surface area contributed by atoms with E-state index in [0.29, 0.717) is 6.54 Å². The van der Waals surface area contributed by atoms with Crippen LogP contribution in [0.2, 0.25) is 0 Å². The second kappa shape index (κ2) is 4.11. The van der Waals surface area contributed by atoms with Crippen molar-refractivity contribution < 1.29 is 13.2 Å². The van der Waals surface area contributed by atoms with E-state index >= 15 is 0 Å². The van der Waals surface area contributed by atoms with E-state index < -0.39 is 15.3 Å². The monoisotopic (exact) mass is 258 g/mol. The second-order valence-electron chi connectivity index (χ2n) is 4.21. The van der Waals surface area contributed by atoms with E-state index in [4.69, 9.17) is 5.14 Å². The number of nitrogens with zero attached hydrogens (tertiary/aromatic N) is 3. The maximum absolute atomic E-state index is 11.6. The van der Waals surface area contributed by atoms with Gasteiger partial charge in [0.1, 0.15) is 5.25 Å². The van der Waals surface area contributed by atoms with Crippen molar-refractivity contribution in [2.45, 2.75) is 18.2 Å². The Bertz CT molecular complexity index is 536. The van der Waals surface area contributed by atoms with Gasteiger partial charge in [-0.15, -0.1) is 0 Å². The van der Waals surface area contributed by atoms with Gasteiger partial charge in [0.2, 0.25) is 15.9 Å². The topological polar surface area (TPSA) is 98.3 Å². The first-order valence-electron chi connectivity index (χ1n) is 5.13. The van der Waals surface area contributed by atoms with Crippen LogP contribution in [0.15, 0.2) is 12.4 Å². The molecule has 7 nitrogen and oxygen atoms in total. The van der Waals surface area contributed by atoms with E-state index in [2.05, 4.69) is 5.10 Å². The molecule has 8 heteroatoms. The van der Waals surface area contributed by atoms with Crippen LogP contribution in [0.3, 0.4) is 0 Å². The minimum Gasteiger partial charge on any atom is -0.337 e. The molecular formula is C9H14N4O3S. The Morgan fingerprint density at radius 2 is 2.29 bits per heavy atom. The van der Waals surface area contributed by atoms with Crippen molar-refractivity contribution in [3.05, 3.63) is 18.0 Å². The van der Waals surface area contributed by atoms with E-state index in [1.165, 1.54) is 4.90 Å². The number of carbonyl (C=O) groups excluding carboxylic acids is 1. The zero-order valence-electron chi connectivity index (χ0n) is 9.41. The molecule has 17 heavy (non-hydrogen) atoms. The third kappa shape index (κ3) is 2.64. The van der Waals surface area contributed by atoms with Gasteiger partial charge >= 0.3 is 0 Å².